The predicted octanol–water partition coefficient (Wildman–Crippen LogP) is 5.37. The van der Waals surface area contributed by atoms with Crippen LogP contribution in [0.2, 0.25) is 5.02 Å². The first kappa shape index (κ1) is 20.5. The zero-order valence-electron chi connectivity index (χ0n) is 15.5. The van der Waals surface area contributed by atoms with E-state index < -0.39 is 5.82 Å². The van der Waals surface area contributed by atoms with E-state index in [1.165, 1.54) is 18.6 Å². The average Bonchev–Trinajstić information content (AvgIpc) is 3.05. The quantitative estimate of drug-likeness (QED) is 0.556. The van der Waals surface area contributed by atoms with E-state index >= 15 is 0 Å². The first-order valence-electron chi connectivity index (χ1n) is 8.50. The van der Waals surface area contributed by atoms with Gasteiger partial charge in [0.2, 0.25) is 0 Å². The number of ether oxygens (including phenoxy) is 1. The van der Waals surface area contributed by atoms with Gasteiger partial charge in [0.1, 0.15) is 17.7 Å². The number of hydrogen-bond acceptors (Lipinski definition) is 4. The molecule has 2 saturated carbocycles. The summed E-state index contributed by atoms with van der Waals surface area (Å²) in [5, 5.41) is 0.292. The third-order valence-electron chi connectivity index (χ3n) is 5.76. The van der Waals surface area contributed by atoms with Crippen LogP contribution in [0.4, 0.5) is 4.39 Å². The minimum atomic E-state index is -0.587. The molecular formula is C19H27ClFNO2S. The highest BCUT2D eigenvalue weighted by atomic mass is 35.5. The van der Waals surface area contributed by atoms with Crippen LogP contribution in [0.25, 0.3) is 0 Å². The Labute approximate surface area is 159 Å². The summed E-state index contributed by atoms with van der Waals surface area (Å²) < 4.78 is 22.8. The Bertz CT molecular complexity index is 633. The molecule has 1 aromatic rings. The van der Waals surface area contributed by atoms with Gasteiger partial charge >= 0.3 is 0 Å². The second kappa shape index (κ2) is 7.85. The SMILES string of the molecule is CC12CCC(C1)C(C)(C)[C@@H]2Oc1cc(F)c(C=O)cc1Cl.CNSC. The molecule has 3 atom stereocenters. The summed E-state index contributed by atoms with van der Waals surface area (Å²) in [7, 11) is 1.89. The molecule has 2 aliphatic carbocycles. The number of nitrogens with one attached hydrogen (secondary N) is 1. The van der Waals surface area contributed by atoms with Crippen LogP contribution in [0.5, 0.6) is 5.75 Å². The zero-order valence-corrected chi connectivity index (χ0v) is 17.1. The van der Waals surface area contributed by atoms with E-state index in [9.17, 15) is 9.18 Å². The largest absolute Gasteiger partial charge is 0.488 e. The Balaban J connectivity index is 0.000000511. The summed E-state index contributed by atoms with van der Waals surface area (Å²) in [6, 6.07) is 2.57. The monoisotopic (exact) mass is 387 g/mol. The lowest BCUT2D eigenvalue weighted by molar-refractivity contribution is -0.0144. The molecular weight excluding hydrogens is 361 g/mol. The summed E-state index contributed by atoms with van der Waals surface area (Å²) in [6.45, 7) is 6.68. The van der Waals surface area contributed by atoms with Gasteiger partial charge in [0, 0.05) is 16.9 Å². The lowest BCUT2D eigenvalue weighted by Crippen LogP contribution is -2.44. The van der Waals surface area contributed by atoms with Crippen molar-refractivity contribution in [2.75, 3.05) is 13.3 Å². The van der Waals surface area contributed by atoms with Gasteiger partial charge in [-0.2, -0.15) is 0 Å². The fourth-order valence-corrected chi connectivity index (χ4v) is 4.62. The van der Waals surface area contributed by atoms with E-state index in [1.807, 2.05) is 13.3 Å². The Hall–Kier alpha value is -0.780. The van der Waals surface area contributed by atoms with Crippen LogP contribution in [0.3, 0.4) is 0 Å². The zero-order chi connectivity index (χ0) is 18.8. The third-order valence-corrected chi connectivity index (χ3v) is 6.47. The maximum Gasteiger partial charge on any atom is 0.153 e. The van der Waals surface area contributed by atoms with Crippen LogP contribution in [-0.4, -0.2) is 25.7 Å². The van der Waals surface area contributed by atoms with Crippen molar-refractivity contribution in [1.29, 1.82) is 0 Å². The van der Waals surface area contributed by atoms with Crippen molar-refractivity contribution in [3.8, 4) is 5.75 Å². The lowest BCUT2D eigenvalue weighted by Gasteiger charge is -2.42. The van der Waals surface area contributed by atoms with Crippen molar-refractivity contribution in [2.45, 2.75) is 46.1 Å². The minimum Gasteiger partial charge on any atom is -0.488 e. The Morgan fingerprint density at radius 3 is 2.52 bits per heavy atom. The number of benzene rings is 1. The lowest BCUT2D eigenvalue weighted by atomic mass is 9.70. The summed E-state index contributed by atoms with van der Waals surface area (Å²) in [6.07, 6.45) is 5.99. The molecule has 0 spiro atoms. The van der Waals surface area contributed by atoms with Gasteiger partial charge in [-0.05, 0) is 44.6 Å². The van der Waals surface area contributed by atoms with Crippen molar-refractivity contribution >= 4 is 29.8 Å². The molecule has 2 unspecified atom stereocenters. The molecule has 0 aliphatic heterocycles. The average molecular weight is 388 g/mol. The molecule has 0 radical (unpaired) electrons. The standard InChI is InChI=1S/C17H20ClFO2.C2H7NS/c1-16(2)11-4-5-17(3,8-11)15(16)21-14-7-13(19)10(9-20)6-12(14)18;1-3-4-2/h6-7,9,11,15H,4-5,8H2,1-3H3;3H,1-2H3/t11?,15-,17?;/m0./s1. The van der Waals surface area contributed by atoms with E-state index in [4.69, 9.17) is 16.3 Å². The topological polar surface area (TPSA) is 38.3 Å². The fraction of sp³-hybridized carbons (Fsp3) is 0.632. The molecule has 2 fully saturated rings. The van der Waals surface area contributed by atoms with Gasteiger partial charge in [-0.3, -0.25) is 9.52 Å². The molecule has 1 N–H and O–H groups in total. The van der Waals surface area contributed by atoms with E-state index in [-0.39, 0.29) is 22.5 Å². The van der Waals surface area contributed by atoms with E-state index in [2.05, 4.69) is 25.5 Å². The molecule has 0 saturated heterocycles. The van der Waals surface area contributed by atoms with Gasteiger partial charge in [0.05, 0.1) is 10.6 Å². The molecule has 1 aromatic carbocycles. The molecule has 3 nitrogen and oxygen atoms in total. The number of hydrogen-bond donors (Lipinski definition) is 1. The van der Waals surface area contributed by atoms with Crippen molar-refractivity contribution in [2.24, 2.45) is 16.7 Å². The van der Waals surface area contributed by atoms with Crippen LogP contribution in [0.1, 0.15) is 50.4 Å². The van der Waals surface area contributed by atoms with Crippen LogP contribution in [-0.2, 0) is 0 Å². The second-order valence-electron chi connectivity index (χ2n) is 7.74. The highest BCUT2D eigenvalue weighted by Crippen LogP contribution is 2.63. The number of carbonyl (C=O) groups excluding carboxylic acids is 1. The highest BCUT2D eigenvalue weighted by Gasteiger charge is 2.61. The van der Waals surface area contributed by atoms with Gasteiger partial charge in [-0.1, -0.05) is 44.3 Å². The summed E-state index contributed by atoms with van der Waals surface area (Å²) >= 11 is 7.76. The van der Waals surface area contributed by atoms with E-state index in [0.717, 1.165) is 12.8 Å². The molecule has 3 rings (SSSR count). The van der Waals surface area contributed by atoms with Crippen LogP contribution < -0.4 is 9.46 Å². The van der Waals surface area contributed by atoms with Crippen molar-refractivity contribution in [3.63, 3.8) is 0 Å². The summed E-state index contributed by atoms with van der Waals surface area (Å²) in [5.74, 6) is 0.396. The third kappa shape index (κ3) is 3.99. The number of fused-ring (bicyclic) bond motifs is 2. The fourth-order valence-electron chi connectivity index (χ4n) is 4.40. The molecule has 0 amide bonds. The maximum absolute atomic E-state index is 13.8. The minimum absolute atomic E-state index is 0.0164. The van der Waals surface area contributed by atoms with Gasteiger partial charge in [0.25, 0.3) is 0 Å². The molecule has 0 aromatic heterocycles. The number of rotatable bonds is 4. The normalized spacial score (nSPS) is 29.1. The van der Waals surface area contributed by atoms with Crippen LogP contribution in [0, 0.1) is 22.6 Å². The van der Waals surface area contributed by atoms with Gasteiger partial charge in [-0.25, -0.2) is 4.39 Å². The van der Waals surface area contributed by atoms with Crippen molar-refractivity contribution in [1.82, 2.24) is 4.72 Å². The second-order valence-corrected chi connectivity index (χ2v) is 8.97. The molecule has 6 heteroatoms. The Morgan fingerprint density at radius 2 is 2.04 bits per heavy atom. The van der Waals surface area contributed by atoms with E-state index in [0.29, 0.717) is 23.0 Å². The van der Waals surface area contributed by atoms with Gasteiger partial charge < -0.3 is 4.74 Å². The maximum atomic E-state index is 13.8. The number of halogens is 2. The van der Waals surface area contributed by atoms with Crippen LogP contribution in [0.15, 0.2) is 12.1 Å². The van der Waals surface area contributed by atoms with Crippen molar-refractivity contribution < 1.29 is 13.9 Å². The predicted molar refractivity (Wildman–Crippen MR) is 103 cm³/mol. The molecule has 140 valence electrons. The number of carbonyl (C=O) groups is 1. The highest BCUT2D eigenvalue weighted by molar-refractivity contribution is 7.96. The van der Waals surface area contributed by atoms with Gasteiger partial charge in [0.15, 0.2) is 6.29 Å². The first-order valence-corrected chi connectivity index (χ1v) is 10.1. The van der Waals surface area contributed by atoms with Crippen LogP contribution >= 0.6 is 23.5 Å². The summed E-state index contributed by atoms with van der Waals surface area (Å²) in [4.78, 5) is 10.8. The number of aldehydes is 1. The van der Waals surface area contributed by atoms with E-state index in [1.54, 1.807) is 11.9 Å². The van der Waals surface area contributed by atoms with Gasteiger partial charge in [-0.15, -0.1) is 0 Å². The molecule has 2 aliphatic rings. The summed E-state index contributed by atoms with van der Waals surface area (Å²) in [5.41, 5.74) is 0.138. The molecule has 25 heavy (non-hydrogen) atoms. The molecule has 0 heterocycles. The smallest absolute Gasteiger partial charge is 0.153 e. The Kier molecular flexibility index (Phi) is 6.45. The first-order chi connectivity index (χ1) is 11.7. The Morgan fingerprint density at radius 1 is 1.40 bits per heavy atom. The van der Waals surface area contributed by atoms with Crippen molar-refractivity contribution in [3.05, 3.63) is 28.5 Å². The molecule has 2 bridgehead atoms.